The zero-order chi connectivity index (χ0) is 16.7. The van der Waals surface area contributed by atoms with Crippen LogP contribution in [0.1, 0.15) is 12.8 Å². The fraction of sp³-hybridized carbons (Fsp3) is 0.562. The molecule has 0 radical (unpaired) electrons. The zero-order valence-electron chi connectivity index (χ0n) is 13.2. The highest BCUT2D eigenvalue weighted by atomic mass is 19.4. The number of hydrogen-bond donors (Lipinski definition) is 2. The van der Waals surface area contributed by atoms with E-state index in [9.17, 15) is 13.2 Å². The number of anilines is 1. The molecule has 7 heteroatoms. The Labute approximate surface area is 134 Å². The van der Waals surface area contributed by atoms with Gasteiger partial charge in [-0.15, -0.1) is 0 Å². The van der Waals surface area contributed by atoms with Crippen molar-refractivity contribution in [3.05, 3.63) is 30.3 Å². The van der Waals surface area contributed by atoms with Gasteiger partial charge in [0.05, 0.1) is 6.42 Å². The number of rotatable bonds is 5. The first-order valence-corrected chi connectivity index (χ1v) is 7.79. The number of halogens is 3. The van der Waals surface area contributed by atoms with Crippen LogP contribution in [0.15, 0.2) is 35.3 Å². The molecule has 1 unspecified atom stereocenters. The Hall–Kier alpha value is -1.92. The van der Waals surface area contributed by atoms with Crippen molar-refractivity contribution in [1.29, 1.82) is 0 Å². The molecule has 1 heterocycles. The van der Waals surface area contributed by atoms with E-state index >= 15 is 0 Å². The molecule has 2 N–H and O–H groups in total. The van der Waals surface area contributed by atoms with Crippen LogP contribution in [0.2, 0.25) is 0 Å². The van der Waals surface area contributed by atoms with Crippen molar-refractivity contribution < 1.29 is 13.2 Å². The molecule has 0 aromatic heterocycles. The summed E-state index contributed by atoms with van der Waals surface area (Å²) in [5.74, 6) is 0.879. The summed E-state index contributed by atoms with van der Waals surface area (Å²) >= 11 is 0. The minimum absolute atomic E-state index is 0.163. The average Bonchev–Trinajstić information content (AvgIpc) is 2.99. The molecule has 1 atom stereocenters. The van der Waals surface area contributed by atoms with E-state index in [1.807, 2.05) is 18.2 Å². The van der Waals surface area contributed by atoms with Crippen molar-refractivity contribution in [1.82, 2.24) is 10.6 Å². The summed E-state index contributed by atoms with van der Waals surface area (Å²) in [5.41, 5.74) is 1.21. The van der Waals surface area contributed by atoms with Gasteiger partial charge in [-0.25, -0.2) is 0 Å². The van der Waals surface area contributed by atoms with Crippen LogP contribution in [0.4, 0.5) is 18.9 Å². The van der Waals surface area contributed by atoms with Gasteiger partial charge in [-0.3, -0.25) is 4.99 Å². The van der Waals surface area contributed by atoms with Crippen LogP contribution in [0.3, 0.4) is 0 Å². The van der Waals surface area contributed by atoms with E-state index in [1.54, 1.807) is 7.05 Å². The van der Waals surface area contributed by atoms with Crippen molar-refractivity contribution in [2.45, 2.75) is 19.0 Å². The molecule has 0 saturated carbocycles. The second-order valence-corrected chi connectivity index (χ2v) is 5.68. The van der Waals surface area contributed by atoms with Crippen LogP contribution >= 0.6 is 0 Å². The number of benzene rings is 1. The van der Waals surface area contributed by atoms with Crippen LogP contribution in [-0.4, -0.2) is 45.4 Å². The third-order valence-corrected chi connectivity index (χ3v) is 3.89. The van der Waals surface area contributed by atoms with E-state index in [1.165, 1.54) is 5.69 Å². The number of hydrogen-bond acceptors (Lipinski definition) is 2. The van der Waals surface area contributed by atoms with Crippen molar-refractivity contribution in [3.8, 4) is 0 Å². The first-order chi connectivity index (χ1) is 11.0. The third-order valence-electron chi connectivity index (χ3n) is 3.89. The van der Waals surface area contributed by atoms with Gasteiger partial charge in [-0.1, -0.05) is 18.2 Å². The molecule has 1 aliphatic heterocycles. The summed E-state index contributed by atoms with van der Waals surface area (Å²) in [4.78, 5) is 6.28. The number of alkyl halides is 3. The quantitative estimate of drug-likeness (QED) is 0.645. The number of guanidine groups is 1. The summed E-state index contributed by atoms with van der Waals surface area (Å²) in [6.45, 7) is 2.48. The average molecular weight is 328 g/mol. The maximum atomic E-state index is 12.1. The van der Waals surface area contributed by atoms with Gasteiger partial charge in [-0.2, -0.15) is 13.2 Å². The predicted octanol–water partition coefficient (Wildman–Crippen LogP) is 2.63. The zero-order valence-corrected chi connectivity index (χ0v) is 13.2. The van der Waals surface area contributed by atoms with Crippen molar-refractivity contribution in [3.63, 3.8) is 0 Å². The highest BCUT2D eigenvalue weighted by Crippen LogP contribution is 2.23. The van der Waals surface area contributed by atoms with E-state index in [4.69, 9.17) is 0 Å². The van der Waals surface area contributed by atoms with Crippen LogP contribution in [-0.2, 0) is 0 Å². The first-order valence-electron chi connectivity index (χ1n) is 7.79. The SMILES string of the molecule is CN=C(NCCC(F)(F)F)NCC1CCN(c2ccccc2)C1. The summed E-state index contributed by atoms with van der Waals surface area (Å²) in [7, 11) is 1.56. The Balaban J connectivity index is 1.71. The molecule has 1 aliphatic rings. The number of aliphatic imine (C=N–C) groups is 1. The Morgan fingerprint density at radius 1 is 1.26 bits per heavy atom. The summed E-state index contributed by atoms with van der Waals surface area (Å²) < 4.78 is 36.4. The summed E-state index contributed by atoms with van der Waals surface area (Å²) in [6.07, 6.45) is -3.95. The van der Waals surface area contributed by atoms with Gasteiger partial charge in [0.25, 0.3) is 0 Å². The molecule has 128 valence electrons. The molecule has 1 aromatic rings. The lowest BCUT2D eigenvalue weighted by atomic mass is 10.1. The van der Waals surface area contributed by atoms with Gasteiger partial charge in [0.2, 0.25) is 0 Å². The van der Waals surface area contributed by atoms with E-state index in [-0.39, 0.29) is 6.54 Å². The molecule has 23 heavy (non-hydrogen) atoms. The maximum absolute atomic E-state index is 12.1. The fourth-order valence-corrected chi connectivity index (χ4v) is 2.66. The number of nitrogens with one attached hydrogen (secondary N) is 2. The van der Waals surface area contributed by atoms with E-state index < -0.39 is 12.6 Å². The third kappa shape index (κ3) is 6.00. The smallest absolute Gasteiger partial charge is 0.371 e. The lowest BCUT2D eigenvalue weighted by molar-refractivity contribution is -0.132. The van der Waals surface area contributed by atoms with Crippen LogP contribution in [0.5, 0.6) is 0 Å². The number of nitrogens with zero attached hydrogens (tertiary/aromatic N) is 2. The minimum atomic E-state index is -4.15. The molecule has 2 rings (SSSR count). The monoisotopic (exact) mass is 328 g/mol. The van der Waals surface area contributed by atoms with Crippen LogP contribution < -0.4 is 15.5 Å². The summed E-state index contributed by atoms with van der Waals surface area (Å²) in [5, 5.41) is 5.81. The normalized spacial score (nSPS) is 19.0. The topological polar surface area (TPSA) is 39.7 Å². The molecule has 0 aliphatic carbocycles. The van der Waals surface area contributed by atoms with Gasteiger partial charge < -0.3 is 15.5 Å². The maximum Gasteiger partial charge on any atom is 0.390 e. The molecule has 1 saturated heterocycles. The van der Waals surface area contributed by atoms with Crippen molar-refractivity contribution in [2.24, 2.45) is 10.9 Å². The lowest BCUT2D eigenvalue weighted by Crippen LogP contribution is -2.41. The number of para-hydroxylation sites is 1. The fourth-order valence-electron chi connectivity index (χ4n) is 2.66. The molecule has 4 nitrogen and oxygen atoms in total. The Morgan fingerprint density at radius 3 is 2.65 bits per heavy atom. The Morgan fingerprint density at radius 2 is 2.00 bits per heavy atom. The van der Waals surface area contributed by atoms with Crippen molar-refractivity contribution >= 4 is 11.6 Å². The largest absolute Gasteiger partial charge is 0.390 e. The standard InChI is InChI=1S/C16H23F3N4/c1-20-15(21-9-8-16(17,18)19)22-11-13-7-10-23(12-13)14-5-3-2-4-6-14/h2-6,13H,7-12H2,1H3,(H2,20,21,22). The highest BCUT2D eigenvalue weighted by molar-refractivity contribution is 5.79. The Kier molecular flexibility index (Phi) is 6.12. The highest BCUT2D eigenvalue weighted by Gasteiger charge is 2.26. The molecule has 1 fully saturated rings. The molecular weight excluding hydrogens is 305 g/mol. The lowest BCUT2D eigenvalue weighted by Gasteiger charge is -2.19. The van der Waals surface area contributed by atoms with Crippen LogP contribution in [0.25, 0.3) is 0 Å². The van der Waals surface area contributed by atoms with Crippen molar-refractivity contribution in [2.75, 3.05) is 38.1 Å². The van der Waals surface area contributed by atoms with E-state index in [0.29, 0.717) is 18.4 Å². The van der Waals surface area contributed by atoms with Gasteiger partial charge in [-0.05, 0) is 24.5 Å². The van der Waals surface area contributed by atoms with Gasteiger partial charge in [0.1, 0.15) is 0 Å². The molecule has 0 amide bonds. The van der Waals surface area contributed by atoms with E-state index in [2.05, 4.69) is 32.7 Å². The molecule has 0 spiro atoms. The van der Waals surface area contributed by atoms with Gasteiger partial charge >= 0.3 is 6.18 Å². The first kappa shape index (κ1) is 17.4. The molecule has 0 bridgehead atoms. The summed E-state index contributed by atoms with van der Waals surface area (Å²) in [6, 6.07) is 10.2. The molecular formula is C16H23F3N4. The predicted molar refractivity (Wildman–Crippen MR) is 86.8 cm³/mol. The second kappa shape index (κ2) is 8.08. The van der Waals surface area contributed by atoms with Gasteiger partial charge in [0.15, 0.2) is 5.96 Å². The second-order valence-electron chi connectivity index (χ2n) is 5.68. The van der Waals surface area contributed by atoms with Crippen LogP contribution in [0, 0.1) is 5.92 Å². The minimum Gasteiger partial charge on any atom is -0.371 e. The Bertz CT molecular complexity index is 502. The van der Waals surface area contributed by atoms with Gasteiger partial charge in [0, 0.05) is 38.9 Å². The molecule has 1 aromatic carbocycles. The van der Waals surface area contributed by atoms with E-state index in [0.717, 1.165) is 19.5 Å².